The van der Waals surface area contributed by atoms with Crippen LogP contribution in [0.1, 0.15) is 32.6 Å². The van der Waals surface area contributed by atoms with Gasteiger partial charge < -0.3 is 20.4 Å². The summed E-state index contributed by atoms with van der Waals surface area (Å²) in [6.07, 6.45) is 4.66. The van der Waals surface area contributed by atoms with E-state index in [0.717, 1.165) is 52.0 Å². The van der Waals surface area contributed by atoms with E-state index < -0.39 is 0 Å². The van der Waals surface area contributed by atoms with Crippen LogP contribution in [0, 0.1) is 5.41 Å². The molecule has 1 atom stereocenters. The first-order valence-electron chi connectivity index (χ1n) is 8.14. The summed E-state index contributed by atoms with van der Waals surface area (Å²) < 4.78 is 0. The van der Waals surface area contributed by atoms with Crippen molar-refractivity contribution in [2.75, 3.05) is 45.8 Å². The fourth-order valence-corrected chi connectivity index (χ4v) is 3.93. The molecule has 2 amide bonds. The van der Waals surface area contributed by atoms with Crippen molar-refractivity contribution in [2.24, 2.45) is 5.41 Å². The Labute approximate surface area is 122 Å². The summed E-state index contributed by atoms with van der Waals surface area (Å²) in [5, 5.41) is 6.45. The third-order valence-corrected chi connectivity index (χ3v) is 5.17. The van der Waals surface area contributed by atoms with Gasteiger partial charge in [-0.25, -0.2) is 4.79 Å². The highest BCUT2D eigenvalue weighted by Crippen LogP contribution is 2.28. The number of hydrogen-bond acceptors (Lipinski definition) is 3. The highest BCUT2D eigenvalue weighted by Gasteiger charge is 2.34. The monoisotopic (exact) mass is 280 g/mol. The van der Waals surface area contributed by atoms with E-state index in [1.807, 2.05) is 0 Å². The number of nitrogens with one attached hydrogen (secondary N) is 2. The predicted molar refractivity (Wildman–Crippen MR) is 79.8 cm³/mol. The van der Waals surface area contributed by atoms with Crippen molar-refractivity contribution < 1.29 is 4.79 Å². The second kappa shape index (κ2) is 5.90. The largest absolute Gasteiger partial charge is 0.338 e. The minimum absolute atomic E-state index is 0.154. The van der Waals surface area contributed by atoms with E-state index in [4.69, 9.17) is 0 Å². The Bertz CT molecular complexity index is 346. The van der Waals surface area contributed by atoms with Crippen molar-refractivity contribution in [1.82, 2.24) is 20.4 Å². The Hall–Kier alpha value is -0.810. The first-order chi connectivity index (χ1) is 9.66. The number of carbonyl (C=O) groups is 1. The second-order valence-corrected chi connectivity index (χ2v) is 7.02. The molecular formula is C15H28N4O. The van der Waals surface area contributed by atoms with E-state index in [1.165, 1.54) is 19.5 Å². The van der Waals surface area contributed by atoms with Crippen molar-refractivity contribution >= 4 is 6.03 Å². The molecule has 0 bridgehead atoms. The topological polar surface area (TPSA) is 47.6 Å². The average molecular weight is 280 g/mol. The summed E-state index contributed by atoms with van der Waals surface area (Å²) >= 11 is 0. The molecule has 0 aromatic rings. The van der Waals surface area contributed by atoms with E-state index in [-0.39, 0.29) is 6.03 Å². The highest BCUT2D eigenvalue weighted by molar-refractivity contribution is 5.75. The van der Waals surface area contributed by atoms with E-state index in [9.17, 15) is 4.79 Å². The molecule has 0 radical (unpaired) electrons. The van der Waals surface area contributed by atoms with Gasteiger partial charge in [-0.15, -0.1) is 0 Å². The van der Waals surface area contributed by atoms with E-state index >= 15 is 0 Å². The summed E-state index contributed by atoms with van der Waals surface area (Å²) in [4.78, 5) is 16.6. The summed E-state index contributed by atoms with van der Waals surface area (Å²) in [6, 6.07) is 0.614. The van der Waals surface area contributed by atoms with Gasteiger partial charge in [0.05, 0.1) is 0 Å². The number of carbonyl (C=O) groups excluding carboxylic acids is 1. The molecule has 5 nitrogen and oxygen atoms in total. The van der Waals surface area contributed by atoms with Crippen LogP contribution < -0.4 is 10.6 Å². The summed E-state index contributed by atoms with van der Waals surface area (Å²) in [5.41, 5.74) is 0.454. The third kappa shape index (κ3) is 3.09. The summed E-state index contributed by atoms with van der Waals surface area (Å²) in [7, 11) is 0. The zero-order chi connectivity index (χ0) is 14.0. The van der Waals surface area contributed by atoms with Gasteiger partial charge in [-0.05, 0) is 37.6 Å². The summed E-state index contributed by atoms with van der Waals surface area (Å²) in [6.45, 7) is 10.0. The minimum Gasteiger partial charge on any atom is -0.338 e. The zero-order valence-corrected chi connectivity index (χ0v) is 12.7. The van der Waals surface area contributed by atoms with Crippen molar-refractivity contribution in [2.45, 2.75) is 38.6 Å². The van der Waals surface area contributed by atoms with Crippen molar-refractivity contribution in [3.05, 3.63) is 0 Å². The summed E-state index contributed by atoms with van der Waals surface area (Å²) in [5.74, 6) is 0. The molecule has 5 heteroatoms. The van der Waals surface area contributed by atoms with Crippen LogP contribution >= 0.6 is 0 Å². The molecule has 2 N–H and O–H groups in total. The normalized spacial score (nSPS) is 33.5. The van der Waals surface area contributed by atoms with Gasteiger partial charge in [0.2, 0.25) is 0 Å². The maximum Gasteiger partial charge on any atom is 0.317 e. The molecule has 0 aromatic carbocycles. The van der Waals surface area contributed by atoms with Gasteiger partial charge in [0.15, 0.2) is 0 Å². The van der Waals surface area contributed by atoms with Gasteiger partial charge in [0, 0.05) is 45.3 Å². The first kappa shape index (κ1) is 14.1. The lowest BCUT2D eigenvalue weighted by molar-refractivity contribution is 0.0909. The first-order valence-corrected chi connectivity index (χ1v) is 8.14. The molecule has 3 rings (SSSR count). The number of amides is 2. The lowest BCUT2D eigenvalue weighted by Crippen LogP contribution is -2.54. The van der Waals surface area contributed by atoms with Crippen LogP contribution in [-0.2, 0) is 0 Å². The molecule has 3 aliphatic rings. The lowest BCUT2D eigenvalue weighted by atomic mass is 9.88. The predicted octanol–water partition coefficient (Wildman–Crippen LogP) is 0.866. The number of urea groups is 1. The smallest absolute Gasteiger partial charge is 0.317 e. The Morgan fingerprint density at radius 3 is 2.70 bits per heavy atom. The van der Waals surface area contributed by atoms with Crippen molar-refractivity contribution in [3.63, 3.8) is 0 Å². The minimum atomic E-state index is 0.154. The molecule has 3 fully saturated rings. The van der Waals surface area contributed by atoms with Gasteiger partial charge in [-0.2, -0.15) is 0 Å². The van der Waals surface area contributed by atoms with Crippen LogP contribution in [0.2, 0.25) is 0 Å². The van der Waals surface area contributed by atoms with Crippen LogP contribution in [0.3, 0.4) is 0 Å². The van der Waals surface area contributed by atoms with E-state index in [1.54, 1.807) is 0 Å². The molecule has 114 valence electrons. The second-order valence-electron chi connectivity index (χ2n) is 7.02. The maximum absolute atomic E-state index is 11.9. The zero-order valence-electron chi connectivity index (χ0n) is 12.7. The molecule has 0 aromatic heterocycles. The Morgan fingerprint density at radius 1 is 1.25 bits per heavy atom. The molecular weight excluding hydrogens is 252 g/mol. The Kier molecular flexibility index (Phi) is 4.17. The number of hydrogen-bond donors (Lipinski definition) is 2. The third-order valence-electron chi connectivity index (χ3n) is 5.17. The molecule has 20 heavy (non-hydrogen) atoms. The lowest BCUT2D eigenvalue weighted by Gasteiger charge is -2.42. The van der Waals surface area contributed by atoms with Gasteiger partial charge >= 0.3 is 6.03 Å². The number of piperidine rings is 1. The van der Waals surface area contributed by atoms with Gasteiger partial charge in [-0.3, -0.25) is 0 Å². The molecule has 1 unspecified atom stereocenters. The fraction of sp³-hybridized carbons (Fsp3) is 0.933. The number of likely N-dealkylation sites (tertiary alicyclic amines) is 1. The maximum atomic E-state index is 11.9. The van der Waals surface area contributed by atoms with Crippen LogP contribution in [0.25, 0.3) is 0 Å². The van der Waals surface area contributed by atoms with Gasteiger partial charge in [-0.1, -0.05) is 6.92 Å². The van der Waals surface area contributed by atoms with Crippen LogP contribution in [0.15, 0.2) is 0 Å². The van der Waals surface area contributed by atoms with Gasteiger partial charge in [0.25, 0.3) is 0 Å². The Morgan fingerprint density at radius 2 is 2.05 bits per heavy atom. The highest BCUT2D eigenvalue weighted by atomic mass is 16.2. The SMILES string of the molecule is CC1(CN2CCC(N3CCCNC3=O)CC2)CCNC1. The molecule has 3 heterocycles. The number of nitrogens with zero attached hydrogens (tertiary/aromatic N) is 2. The molecule has 0 aliphatic carbocycles. The van der Waals surface area contributed by atoms with Crippen molar-refractivity contribution in [3.8, 4) is 0 Å². The fourth-order valence-electron chi connectivity index (χ4n) is 3.93. The van der Waals surface area contributed by atoms with Crippen molar-refractivity contribution in [1.29, 1.82) is 0 Å². The quantitative estimate of drug-likeness (QED) is 0.806. The molecule has 0 saturated carbocycles. The average Bonchev–Trinajstić information content (AvgIpc) is 2.87. The van der Waals surface area contributed by atoms with Gasteiger partial charge in [0.1, 0.15) is 0 Å². The van der Waals surface area contributed by atoms with Crippen LogP contribution in [0.4, 0.5) is 4.79 Å². The van der Waals surface area contributed by atoms with Crippen LogP contribution in [-0.4, -0.2) is 67.7 Å². The molecule has 3 aliphatic heterocycles. The standard InChI is InChI=1S/C15H28N4O/c1-15(5-7-16-11-15)12-18-9-3-13(4-10-18)19-8-2-6-17-14(19)20/h13,16H,2-12H2,1H3,(H,17,20). The van der Waals surface area contributed by atoms with E-state index in [0.29, 0.717) is 11.5 Å². The van der Waals surface area contributed by atoms with Crippen LogP contribution in [0.5, 0.6) is 0 Å². The van der Waals surface area contributed by atoms with E-state index in [2.05, 4.69) is 27.4 Å². The molecule has 3 saturated heterocycles. The number of rotatable bonds is 3. The molecule has 0 spiro atoms. The Balaban J connectivity index is 1.48.